The fourth-order valence-electron chi connectivity index (χ4n) is 8.58. The number of hydrogen-bond donors (Lipinski definition) is 0. The Labute approximate surface area is 176 Å². The van der Waals surface area contributed by atoms with E-state index in [9.17, 15) is 0 Å². The zero-order valence-corrected chi connectivity index (χ0v) is 19.9. The summed E-state index contributed by atoms with van der Waals surface area (Å²) in [5, 5.41) is 0. The molecule has 4 rings (SSSR count). The topological polar surface area (TPSA) is 0 Å². The predicted octanol–water partition coefficient (Wildman–Crippen LogP) is 8.66. The van der Waals surface area contributed by atoms with Gasteiger partial charge in [-0.2, -0.15) is 0 Å². The minimum absolute atomic E-state index is 0.598. The van der Waals surface area contributed by atoms with E-state index in [1.165, 1.54) is 70.6 Å². The number of rotatable bonds is 5. The van der Waals surface area contributed by atoms with Gasteiger partial charge in [0.25, 0.3) is 0 Å². The molecule has 3 fully saturated rings. The lowest BCUT2D eigenvalue weighted by Crippen LogP contribution is -2.48. The smallest absolute Gasteiger partial charge is 0.0143 e. The van der Waals surface area contributed by atoms with Crippen LogP contribution < -0.4 is 0 Å². The van der Waals surface area contributed by atoms with E-state index in [0.717, 1.165) is 41.4 Å². The number of fused-ring (bicyclic) bond motifs is 5. The summed E-state index contributed by atoms with van der Waals surface area (Å²) in [5.74, 6) is 6.44. The highest BCUT2D eigenvalue weighted by Gasteiger charge is 2.57. The van der Waals surface area contributed by atoms with Crippen LogP contribution >= 0.6 is 0 Å². The van der Waals surface area contributed by atoms with Gasteiger partial charge >= 0.3 is 0 Å². The second-order valence-corrected chi connectivity index (χ2v) is 12.5. The van der Waals surface area contributed by atoms with E-state index in [0.29, 0.717) is 10.8 Å². The maximum absolute atomic E-state index is 2.79. The molecular formula is C28H48. The lowest BCUT2D eigenvalue weighted by molar-refractivity contribution is -0.00825. The first-order chi connectivity index (χ1) is 13.3. The largest absolute Gasteiger partial charge is 0.0844 e. The molecule has 160 valence electrons. The van der Waals surface area contributed by atoms with Gasteiger partial charge in [0, 0.05) is 0 Å². The zero-order valence-electron chi connectivity index (χ0n) is 19.9. The molecule has 0 heteroatoms. The van der Waals surface area contributed by atoms with E-state index in [-0.39, 0.29) is 0 Å². The summed E-state index contributed by atoms with van der Waals surface area (Å²) in [6.45, 7) is 15.3. The number of hydrogen-bond acceptors (Lipinski definition) is 0. The number of allylic oxidation sites excluding steroid dienone is 2. The van der Waals surface area contributed by atoms with Crippen molar-refractivity contribution in [2.24, 2.45) is 52.3 Å². The van der Waals surface area contributed by atoms with E-state index < -0.39 is 0 Å². The van der Waals surface area contributed by atoms with Crippen LogP contribution in [0.5, 0.6) is 0 Å². The van der Waals surface area contributed by atoms with Gasteiger partial charge in [0.15, 0.2) is 0 Å². The Balaban J connectivity index is 1.49. The lowest BCUT2D eigenvalue weighted by Gasteiger charge is -2.57. The van der Waals surface area contributed by atoms with Crippen LogP contribution in [0.3, 0.4) is 0 Å². The van der Waals surface area contributed by atoms with Crippen molar-refractivity contribution in [1.82, 2.24) is 0 Å². The maximum Gasteiger partial charge on any atom is -0.0143 e. The first kappa shape index (κ1) is 21.0. The van der Waals surface area contributed by atoms with Gasteiger partial charge in [-0.15, -0.1) is 0 Å². The highest BCUT2D eigenvalue weighted by Crippen LogP contribution is 2.66. The molecule has 28 heavy (non-hydrogen) atoms. The second kappa shape index (κ2) is 7.77. The van der Waals surface area contributed by atoms with Crippen molar-refractivity contribution in [3.63, 3.8) is 0 Å². The lowest BCUT2D eigenvalue weighted by atomic mass is 9.48. The third-order valence-corrected chi connectivity index (χ3v) is 11.0. The molecule has 0 aliphatic heterocycles. The third kappa shape index (κ3) is 3.33. The van der Waals surface area contributed by atoms with Gasteiger partial charge in [0.2, 0.25) is 0 Å². The molecule has 0 amide bonds. The van der Waals surface area contributed by atoms with Crippen LogP contribution in [-0.4, -0.2) is 0 Å². The molecule has 1 unspecified atom stereocenters. The molecular weight excluding hydrogens is 336 g/mol. The Morgan fingerprint density at radius 1 is 0.857 bits per heavy atom. The molecule has 0 nitrogen and oxygen atoms in total. The second-order valence-electron chi connectivity index (χ2n) is 12.5. The van der Waals surface area contributed by atoms with Gasteiger partial charge in [0.05, 0.1) is 0 Å². The van der Waals surface area contributed by atoms with Gasteiger partial charge < -0.3 is 0 Å². The van der Waals surface area contributed by atoms with Crippen LogP contribution in [0.4, 0.5) is 0 Å². The summed E-state index contributed by atoms with van der Waals surface area (Å²) in [6, 6.07) is 0. The standard InChI is InChI=1S/C28H48/c1-19(2)20(3)10-11-21(4)24-14-15-25-23-13-12-22-9-7-8-17-27(22,5)26(23)16-18-28(24,25)6/h13,19-22,24-26H,7-12,14-18H2,1-6H3/t20-,21+,22?,24+,25-,26-,27-,28+/m0/s1. The molecule has 8 atom stereocenters. The molecule has 0 bridgehead atoms. The molecule has 0 saturated heterocycles. The van der Waals surface area contributed by atoms with Crippen LogP contribution in [0.1, 0.15) is 112 Å². The maximum atomic E-state index is 2.79. The molecule has 0 N–H and O–H groups in total. The van der Waals surface area contributed by atoms with Crippen LogP contribution in [0.2, 0.25) is 0 Å². The van der Waals surface area contributed by atoms with Crippen molar-refractivity contribution >= 4 is 0 Å². The fourth-order valence-corrected chi connectivity index (χ4v) is 8.58. The minimum atomic E-state index is 0.598. The average Bonchev–Trinajstić information content (AvgIpc) is 3.02. The van der Waals surface area contributed by atoms with Crippen LogP contribution in [-0.2, 0) is 0 Å². The van der Waals surface area contributed by atoms with E-state index >= 15 is 0 Å². The summed E-state index contributed by atoms with van der Waals surface area (Å²) in [4.78, 5) is 0. The minimum Gasteiger partial charge on any atom is -0.0844 e. The molecule has 0 aromatic heterocycles. The Morgan fingerprint density at radius 2 is 1.61 bits per heavy atom. The zero-order chi connectivity index (χ0) is 20.1. The summed E-state index contributed by atoms with van der Waals surface area (Å²) in [6.07, 6.45) is 19.1. The van der Waals surface area contributed by atoms with Crippen LogP contribution in [0.15, 0.2) is 11.6 Å². The van der Waals surface area contributed by atoms with Gasteiger partial charge in [-0.05, 0) is 97.2 Å². The molecule has 0 aromatic carbocycles. The molecule has 0 heterocycles. The SMILES string of the molecule is CC(C)[C@@H](C)CC[C@@H](C)[C@H]1CC[C@H]2C3=CCC4CCCC[C@]4(C)[C@H]3CC[C@]12C. The van der Waals surface area contributed by atoms with Gasteiger partial charge in [-0.3, -0.25) is 0 Å². The van der Waals surface area contributed by atoms with E-state index in [1.807, 2.05) is 5.57 Å². The van der Waals surface area contributed by atoms with Crippen molar-refractivity contribution in [3.05, 3.63) is 11.6 Å². The summed E-state index contributed by atoms with van der Waals surface area (Å²) < 4.78 is 0. The molecule has 0 radical (unpaired) electrons. The van der Waals surface area contributed by atoms with Gasteiger partial charge in [-0.1, -0.05) is 78.9 Å². The highest BCUT2D eigenvalue weighted by molar-refractivity contribution is 5.27. The Morgan fingerprint density at radius 3 is 2.36 bits per heavy atom. The normalized spacial score (nSPS) is 45.0. The first-order valence-corrected chi connectivity index (χ1v) is 13.0. The summed E-state index contributed by atoms with van der Waals surface area (Å²) >= 11 is 0. The fraction of sp³-hybridized carbons (Fsp3) is 0.929. The van der Waals surface area contributed by atoms with Gasteiger partial charge in [0.1, 0.15) is 0 Å². The van der Waals surface area contributed by atoms with Crippen molar-refractivity contribution in [3.8, 4) is 0 Å². The van der Waals surface area contributed by atoms with Crippen molar-refractivity contribution < 1.29 is 0 Å². The molecule has 3 saturated carbocycles. The molecule has 0 spiro atoms. The summed E-state index contributed by atoms with van der Waals surface area (Å²) in [7, 11) is 0. The third-order valence-electron chi connectivity index (χ3n) is 11.0. The monoisotopic (exact) mass is 384 g/mol. The van der Waals surface area contributed by atoms with Crippen LogP contribution in [0, 0.1) is 52.3 Å². The predicted molar refractivity (Wildman–Crippen MR) is 122 cm³/mol. The quantitative estimate of drug-likeness (QED) is 0.416. The van der Waals surface area contributed by atoms with E-state index in [2.05, 4.69) is 47.6 Å². The van der Waals surface area contributed by atoms with Crippen LogP contribution in [0.25, 0.3) is 0 Å². The first-order valence-electron chi connectivity index (χ1n) is 13.0. The average molecular weight is 385 g/mol. The Hall–Kier alpha value is -0.260. The summed E-state index contributed by atoms with van der Waals surface area (Å²) in [5.41, 5.74) is 3.19. The Kier molecular flexibility index (Phi) is 5.83. The van der Waals surface area contributed by atoms with Crippen molar-refractivity contribution in [2.75, 3.05) is 0 Å². The van der Waals surface area contributed by atoms with E-state index in [4.69, 9.17) is 0 Å². The molecule has 4 aliphatic carbocycles. The Bertz CT molecular complexity index is 585. The molecule has 0 aromatic rings. The van der Waals surface area contributed by atoms with Crippen molar-refractivity contribution in [2.45, 2.75) is 112 Å². The van der Waals surface area contributed by atoms with E-state index in [1.54, 1.807) is 0 Å². The molecule has 4 aliphatic rings. The highest BCUT2D eigenvalue weighted by atomic mass is 14.6. The van der Waals surface area contributed by atoms with Gasteiger partial charge in [-0.25, -0.2) is 0 Å². The van der Waals surface area contributed by atoms with Crippen molar-refractivity contribution in [1.29, 1.82) is 0 Å².